The molecule has 2 rings (SSSR count). The minimum atomic E-state index is -0.439. The van der Waals surface area contributed by atoms with Crippen molar-refractivity contribution in [3.63, 3.8) is 0 Å². The minimum Gasteiger partial charge on any atom is -0.298 e. The number of nitrogens with one attached hydrogen (secondary N) is 2. The number of carbonyl (C=O) groups is 2. The number of rotatable bonds is 7. The van der Waals surface area contributed by atoms with Crippen LogP contribution in [0.3, 0.4) is 0 Å². The summed E-state index contributed by atoms with van der Waals surface area (Å²) in [5.41, 5.74) is 6.39. The standard InChI is InChI=1S/C19H22ClN3O2/c1-23(13-7-10-15-8-3-2-4-9-15)14-18(24)21-22-19(25)16-11-5-6-12-17(16)20/h2-6,8-9,11-12H,7,10,13-14H2,1H3,(H,21,24)(H,22,25). The summed E-state index contributed by atoms with van der Waals surface area (Å²) in [7, 11) is 1.88. The van der Waals surface area contributed by atoms with Crippen LogP contribution < -0.4 is 10.9 Å². The van der Waals surface area contributed by atoms with E-state index < -0.39 is 5.91 Å². The van der Waals surface area contributed by atoms with E-state index >= 15 is 0 Å². The number of halogens is 1. The SMILES string of the molecule is CN(CCCc1ccccc1)CC(=O)NNC(=O)c1ccccc1Cl. The van der Waals surface area contributed by atoms with Gasteiger partial charge < -0.3 is 0 Å². The van der Waals surface area contributed by atoms with E-state index in [0.717, 1.165) is 19.4 Å². The molecule has 5 nitrogen and oxygen atoms in total. The van der Waals surface area contributed by atoms with Crippen molar-refractivity contribution >= 4 is 23.4 Å². The van der Waals surface area contributed by atoms with Crippen LogP contribution in [0.4, 0.5) is 0 Å². The molecule has 25 heavy (non-hydrogen) atoms. The molecule has 0 aliphatic carbocycles. The third kappa shape index (κ3) is 6.57. The van der Waals surface area contributed by atoms with Crippen LogP contribution in [0, 0.1) is 0 Å². The van der Waals surface area contributed by atoms with Gasteiger partial charge in [-0.05, 0) is 44.1 Å². The summed E-state index contributed by atoms with van der Waals surface area (Å²) < 4.78 is 0. The number of hydrogen-bond acceptors (Lipinski definition) is 3. The highest BCUT2D eigenvalue weighted by atomic mass is 35.5. The lowest BCUT2D eigenvalue weighted by Crippen LogP contribution is -2.46. The number of hydrogen-bond donors (Lipinski definition) is 2. The average Bonchev–Trinajstić information content (AvgIpc) is 2.61. The molecule has 0 aliphatic heterocycles. The van der Waals surface area contributed by atoms with Crippen LogP contribution in [0.1, 0.15) is 22.3 Å². The fourth-order valence-electron chi connectivity index (χ4n) is 2.40. The Morgan fingerprint density at radius 3 is 2.40 bits per heavy atom. The molecule has 2 N–H and O–H groups in total. The van der Waals surface area contributed by atoms with Gasteiger partial charge in [-0.15, -0.1) is 0 Å². The predicted molar refractivity (Wildman–Crippen MR) is 99.3 cm³/mol. The lowest BCUT2D eigenvalue weighted by atomic mass is 10.1. The van der Waals surface area contributed by atoms with Crippen molar-refractivity contribution in [3.8, 4) is 0 Å². The van der Waals surface area contributed by atoms with Crippen molar-refractivity contribution in [2.24, 2.45) is 0 Å². The molecule has 2 aromatic carbocycles. The molecule has 0 atom stereocenters. The quantitative estimate of drug-likeness (QED) is 0.747. The Morgan fingerprint density at radius 1 is 1.00 bits per heavy atom. The van der Waals surface area contributed by atoms with E-state index in [0.29, 0.717) is 10.6 Å². The first-order chi connectivity index (χ1) is 12.1. The largest absolute Gasteiger partial charge is 0.298 e. The number of nitrogens with zero attached hydrogens (tertiary/aromatic N) is 1. The zero-order valence-corrected chi connectivity index (χ0v) is 14.9. The smallest absolute Gasteiger partial charge is 0.271 e. The van der Waals surface area contributed by atoms with Gasteiger partial charge in [0.15, 0.2) is 0 Å². The van der Waals surface area contributed by atoms with E-state index in [1.54, 1.807) is 24.3 Å². The van der Waals surface area contributed by atoms with E-state index in [1.807, 2.05) is 30.1 Å². The Kier molecular flexibility index (Phi) is 7.44. The third-order valence-corrected chi connectivity index (χ3v) is 4.03. The topological polar surface area (TPSA) is 61.4 Å². The summed E-state index contributed by atoms with van der Waals surface area (Å²) in [5.74, 6) is -0.715. The molecule has 0 saturated carbocycles. The third-order valence-electron chi connectivity index (χ3n) is 3.70. The van der Waals surface area contributed by atoms with Crippen molar-refractivity contribution in [1.29, 1.82) is 0 Å². The maximum Gasteiger partial charge on any atom is 0.271 e. The van der Waals surface area contributed by atoms with Crippen molar-refractivity contribution in [3.05, 3.63) is 70.7 Å². The molecule has 0 spiro atoms. The zero-order valence-electron chi connectivity index (χ0n) is 14.2. The summed E-state index contributed by atoms with van der Waals surface area (Å²) in [6, 6.07) is 16.9. The van der Waals surface area contributed by atoms with Gasteiger partial charge in [-0.25, -0.2) is 0 Å². The van der Waals surface area contributed by atoms with Crippen LogP contribution in [0.25, 0.3) is 0 Å². The number of aryl methyl sites for hydroxylation is 1. The van der Waals surface area contributed by atoms with Gasteiger partial charge in [0.25, 0.3) is 11.8 Å². The van der Waals surface area contributed by atoms with Crippen LogP contribution in [0.5, 0.6) is 0 Å². The van der Waals surface area contributed by atoms with Crippen LogP contribution >= 0.6 is 11.6 Å². The zero-order chi connectivity index (χ0) is 18.1. The van der Waals surface area contributed by atoms with Crippen molar-refractivity contribution in [2.45, 2.75) is 12.8 Å². The monoisotopic (exact) mass is 359 g/mol. The predicted octanol–water partition coefficient (Wildman–Crippen LogP) is 2.67. The summed E-state index contributed by atoms with van der Waals surface area (Å²) in [6.07, 6.45) is 1.93. The summed E-state index contributed by atoms with van der Waals surface area (Å²) in [6.45, 7) is 0.998. The van der Waals surface area contributed by atoms with Crippen LogP contribution in [0.2, 0.25) is 5.02 Å². The Labute approximate surface area is 152 Å². The van der Waals surface area contributed by atoms with Crippen molar-refractivity contribution in [2.75, 3.05) is 20.1 Å². The molecule has 132 valence electrons. The van der Waals surface area contributed by atoms with Gasteiger partial charge in [0, 0.05) is 0 Å². The first-order valence-corrected chi connectivity index (χ1v) is 8.50. The van der Waals surface area contributed by atoms with Gasteiger partial charge >= 0.3 is 0 Å². The second-order valence-electron chi connectivity index (χ2n) is 5.81. The van der Waals surface area contributed by atoms with E-state index in [4.69, 9.17) is 11.6 Å². The normalized spacial score (nSPS) is 10.5. The molecule has 0 heterocycles. The Morgan fingerprint density at radius 2 is 1.68 bits per heavy atom. The van der Waals surface area contributed by atoms with E-state index in [-0.39, 0.29) is 12.5 Å². The van der Waals surface area contributed by atoms with Crippen LogP contribution in [-0.2, 0) is 11.2 Å². The molecule has 0 bridgehead atoms. The molecule has 0 fully saturated rings. The molecule has 0 unspecified atom stereocenters. The number of benzene rings is 2. The highest BCUT2D eigenvalue weighted by molar-refractivity contribution is 6.33. The lowest BCUT2D eigenvalue weighted by Gasteiger charge is -2.16. The van der Waals surface area contributed by atoms with Gasteiger partial charge in [-0.1, -0.05) is 54.1 Å². The first-order valence-electron chi connectivity index (χ1n) is 8.12. The van der Waals surface area contributed by atoms with E-state index in [1.165, 1.54) is 5.56 Å². The molecule has 0 saturated heterocycles. The molecule has 6 heteroatoms. The molecular weight excluding hydrogens is 338 g/mol. The van der Waals surface area contributed by atoms with Crippen LogP contribution in [-0.4, -0.2) is 36.9 Å². The fraction of sp³-hybridized carbons (Fsp3) is 0.263. The maximum atomic E-state index is 12.0. The Bertz CT molecular complexity index is 707. The van der Waals surface area contributed by atoms with Gasteiger partial charge in [0.05, 0.1) is 17.1 Å². The Hall–Kier alpha value is -2.37. The first kappa shape index (κ1) is 19.0. The molecule has 0 radical (unpaired) electrons. The van der Waals surface area contributed by atoms with Crippen molar-refractivity contribution in [1.82, 2.24) is 15.8 Å². The number of likely N-dealkylation sites (N-methyl/N-ethyl adjacent to an activating group) is 1. The summed E-state index contributed by atoms with van der Waals surface area (Å²) in [4.78, 5) is 25.8. The molecule has 2 aromatic rings. The Balaban J connectivity index is 1.67. The summed E-state index contributed by atoms with van der Waals surface area (Å²) in [5, 5.41) is 0.340. The lowest BCUT2D eigenvalue weighted by molar-refractivity contribution is -0.122. The minimum absolute atomic E-state index is 0.206. The van der Waals surface area contributed by atoms with Crippen molar-refractivity contribution < 1.29 is 9.59 Å². The summed E-state index contributed by atoms with van der Waals surface area (Å²) >= 11 is 5.94. The number of hydrazine groups is 1. The van der Waals surface area contributed by atoms with Gasteiger partial charge in [0.1, 0.15) is 0 Å². The van der Waals surface area contributed by atoms with Gasteiger partial charge in [-0.3, -0.25) is 25.3 Å². The fourth-order valence-corrected chi connectivity index (χ4v) is 2.62. The van der Waals surface area contributed by atoms with Gasteiger partial charge in [0.2, 0.25) is 0 Å². The maximum absolute atomic E-state index is 12.0. The molecule has 0 aliphatic rings. The number of amides is 2. The van der Waals surface area contributed by atoms with E-state index in [2.05, 4.69) is 23.0 Å². The van der Waals surface area contributed by atoms with Gasteiger partial charge in [-0.2, -0.15) is 0 Å². The molecule has 0 aromatic heterocycles. The average molecular weight is 360 g/mol. The molecule has 2 amide bonds. The van der Waals surface area contributed by atoms with Crippen LogP contribution in [0.15, 0.2) is 54.6 Å². The second-order valence-corrected chi connectivity index (χ2v) is 6.22. The highest BCUT2D eigenvalue weighted by Crippen LogP contribution is 2.14. The number of carbonyl (C=O) groups excluding carboxylic acids is 2. The van der Waals surface area contributed by atoms with E-state index in [9.17, 15) is 9.59 Å². The highest BCUT2D eigenvalue weighted by Gasteiger charge is 2.11. The second kappa shape index (κ2) is 9.81. The molecular formula is C19H22ClN3O2.